The van der Waals surface area contributed by atoms with E-state index in [1.54, 1.807) is 11.3 Å². The minimum absolute atomic E-state index is 0.547. The van der Waals surface area contributed by atoms with Crippen LogP contribution >= 0.6 is 11.3 Å². The minimum Gasteiger partial charge on any atom is -0.383 e. The Hall–Kier alpha value is -1.68. The molecule has 2 N–H and O–H groups in total. The van der Waals surface area contributed by atoms with Gasteiger partial charge in [-0.2, -0.15) is 0 Å². The van der Waals surface area contributed by atoms with Gasteiger partial charge in [-0.15, -0.1) is 11.3 Å². The monoisotopic (exact) mass is 201 g/mol. The van der Waals surface area contributed by atoms with E-state index < -0.39 is 0 Å². The highest BCUT2D eigenvalue weighted by atomic mass is 32.1. The smallest absolute Gasteiger partial charge is 0.134 e. The molecule has 3 nitrogen and oxygen atoms in total. The fourth-order valence-corrected chi connectivity index (χ4v) is 2.47. The number of aromatic nitrogens is 2. The van der Waals surface area contributed by atoms with Crippen LogP contribution in [-0.2, 0) is 0 Å². The van der Waals surface area contributed by atoms with Gasteiger partial charge in [0.25, 0.3) is 0 Å². The average Bonchev–Trinajstić information content (AvgIpc) is 2.66. The maximum absolute atomic E-state index is 5.77. The van der Waals surface area contributed by atoms with Gasteiger partial charge < -0.3 is 5.73 Å². The van der Waals surface area contributed by atoms with E-state index in [4.69, 9.17) is 5.73 Å². The molecule has 0 aliphatic rings. The summed E-state index contributed by atoms with van der Waals surface area (Å²) in [5, 5.41) is 4.20. The third kappa shape index (κ3) is 0.914. The topological polar surface area (TPSA) is 51.8 Å². The summed E-state index contributed by atoms with van der Waals surface area (Å²) in [6, 6.07) is 6.10. The van der Waals surface area contributed by atoms with Crippen molar-refractivity contribution in [3.63, 3.8) is 0 Å². The average molecular weight is 201 g/mol. The summed E-state index contributed by atoms with van der Waals surface area (Å²) in [5.74, 6) is 0.547. The lowest BCUT2D eigenvalue weighted by molar-refractivity contribution is 1.24. The zero-order valence-electron chi connectivity index (χ0n) is 7.27. The third-order valence-corrected chi connectivity index (χ3v) is 3.19. The van der Waals surface area contributed by atoms with E-state index in [1.165, 1.54) is 16.4 Å². The van der Waals surface area contributed by atoms with Crippen molar-refractivity contribution in [3.8, 4) is 0 Å². The zero-order chi connectivity index (χ0) is 9.54. The molecule has 2 heterocycles. The van der Waals surface area contributed by atoms with Crippen molar-refractivity contribution < 1.29 is 0 Å². The van der Waals surface area contributed by atoms with Gasteiger partial charge in [-0.25, -0.2) is 9.97 Å². The predicted molar refractivity (Wildman–Crippen MR) is 59.3 cm³/mol. The van der Waals surface area contributed by atoms with Crippen LogP contribution in [0, 0.1) is 0 Å². The van der Waals surface area contributed by atoms with E-state index in [-0.39, 0.29) is 0 Å². The molecule has 0 saturated carbocycles. The van der Waals surface area contributed by atoms with Crippen LogP contribution in [0.25, 0.3) is 21.0 Å². The number of benzene rings is 1. The second-order valence-electron chi connectivity index (χ2n) is 3.06. The van der Waals surface area contributed by atoms with Gasteiger partial charge in [-0.3, -0.25) is 0 Å². The molecule has 0 atom stereocenters. The number of fused-ring (bicyclic) bond motifs is 3. The fraction of sp³-hybridized carbons (Fsp3) is 0. The van der Waals surface area contributed by atoms with Gasteiger partial charge in [0, 0.05) is 5.39 Å². The quantitative estimate of drug-likeness (QED) is 0.607. The molecule has 0 bridgehead atoms. The van der Waals surface area contributed by atoms with Crippen LogP contribution in [0.15, 0.2) is 29.9 Å². The van der Waals surface area contributed by atoms with Crippen molar-refractivity contribution in [1.82, 2.24) is 9.97 Å². The lowest BCUT2D eigenvalue weighted by Crippen LogP contribution is -1.92. The molecule has 0 aliphatic heterocycles. The molecule has 1 aromatic carbocycles. The Kier molecular flexibility index (Phi) is 1.46. The highest BCUT2D eigenvalue weighted by molar-refractivity contribution is 7.18. The zero-order valence-corrected chi connectivity index (χ0v) is 8.08. The van der Waals surface area contributed by atoms with Crippen LogP contribution in [0.1, 0.15) is 0 Å². The molecule has 0 aliphatic carbocycles. The van der Waals surface area contributed by atoms with E-state index in [9.17, 15) is 0 Å². The van der Waals surface area contributed by atoms with Crippen LogP contribution < -0.4 is 5.73 Å². The Labute approximate surface area is 84.2 Å². The maximum Gasteiger partial charge on any atom is 0.134 e. The van der Waals surface area contributed by atoms with Crippen molar-refractivity contribution in [2.24, 2.45) is 0 Å². The predicted octanol–water partition coefficient (Wildman–Crippen LogP) is 2.43. The Morgan fingerprint density at radius 3 is 3.00 bits per heavy atom. The lowest BCUT2D eigenvalue weighted by atomic mass is 10.2. The van der Waals surface area contributed by atoms with Crippen LogP contribution in [0.5, 0.6) is 0 Å². The molecule has 3 aromatic rings. The fourth-order valence-electron chi connectivity index (χ4n) is 1.57. The van der Waals surface area contributed by atoms with Crippen molar-refractivity contribution in [2.75, 3.05) is 5.73 Å². The Bertz CT molecular complexity index is 615. The van der Waals surface area contributed by atoms with Crippen molar-refractivity contribution in [2.45, 2.75) is 0 Å². The first-order valence-electron chi connectivity index (χ1n) is 4.22. The van der Waals surface area contributed by atoms with E-state index in [1.807, 2.05) is 12.1 Å². The molecule has 3 rings (SSSR count). The standard InChI is InChI=1S/C10H7N3S/c11-10-7-2-1-6-3-4-14-9(6)8(7)12-5-13-10/h1-5H,(H2,11,12,13). The van der Waals surface area contributed by atoms with Crippen molar-refractivity contribution in [3.05, 3.63) is 29.9 Å². The summed E-state index contributed by atoms with van der Waals surface area (Å²) >= 11 is 1.68. The van der Waals surface area contributed by atoms with Gasteiger partial charge in [-0.05, 0) is 22.9 Å². The number of hydrogen-bond acceptors (Lipinski definition) is 4. The number of nitrogens with zero attached hydrogens (tertiary/aromatic N) is 2. The third-order valence-electron chi connectivity index (χ3n) is 2.26. The first-order chi connectivity index (χ1) is 6.86. The van der Waals surface area contributed by atoms with E-state index in [0.29, 0.717) is 5.82 Å². The summed E-state index contributed by atoms with van der Waals surface area (Å²) in [6.07, 6.45) is 1.51. The number of rotatable bonds is 0. The summed E-state index contributed by atoms with van der Waals surface area (Å²) in [5.41, 5.74) is 6.72. The van der Waals surface area contributed by atoms with Gasteiger partial charge in [0.2, 0.25) is 0 Å². The minimum atomic E-state index is 0.547. The summed E-state index contributed by atoms with van der Waals surface area (Å²) in [6.45, 7) is 0. The normalized spacial score (nSPS) is 11.1. The second kappa shape index (κ2) is 2.65. The Morgan fingerprint density at radius 1 is 1.14 bits per heavy atom. The Balaban J connectivity index is 2.64. The molecule has 0 radical (unpaired) electrons. The lowest BCUT2D eigenvalue weighted by Gasteiger charge is -2.00. The molecule has 0 saturated heterocycles. The summed E-state index contributed by atoms with van der Waals surface area (Å²) in [4.78, 5) is 8.23. The highest BCUT2D eigenvalue weighted by Crippen LogP contribution is 2.29. The molecule has 0 amide bonds. The molecule has 14 heavy (non-hydrogen) atoms. The van der Waals surface area contributed by atoms with Gasteiger partial charge in [0.05, 0.1) is 10.2 Å². The van der Waals surface area contributed by atoms with Gasteiger partial charge in [-0.1, -0.05) is 6.07 Å². The molecular formula is C10H7N3S. The van der Waals surface area contributed by atoms with Gasteiger partial charge in [0.1, 0.15) is 12.1 Å². The Morgan fingerprint density at radius 2 is 2.07 bits per heavy atom. The van der Waals surface area contributed by atoms with Crippen LogP contribution in [0.2, 0.25) is 0 Å². The van der Waals surface area contributed by atoms with Crippen molar-refractivity contribution >= 4 is 38.1 Å². The molecule has 2 aromatic heterocycles. The van der Waals surface area contributed by atoms with Crippen LogP contribution in [-0.4, -0.2) is 9.97 Å². The molecular weight excluding hydrogens is 194 g/mol. The first-order valence-corrected chi connectivity index (χ1v) is 5.10. The summed E-state index contributed by atoms with van der Waals surface area (Å²) < 4.78 is 1.18. The number of anilines is 1. The van der Waals surface area contributed by atoms with Crippen LogP contribution in [0.4, 0.5) is 5.82 Å². The van der Waals surface area contributed by atoms with Gasteiger partial charge in [0.15, 0.2) is 0 Å². The number of hydrogen-bond donors (Lipinski definition) is 1. The number of nitrogen functional groups attached to an aromatic ring is 1. The molecule has 0 spiro atoms. The first kappa shape index (κ1) is 7.70. The highest BCUT2D eigenvalue weighted by Gasteiger charge is 2.05. The van der Waals surface area contributed by atoms with Crippen molar-refractivity contribution in [1.29, 1.82) is 0 Å². The van der Waals surface area contributed by atoms with E-state index in [2.05, 4.69) is 21.4 Å². The maximum atomic E-state index is 5.77. The van der Waals surface area contributed by atoms with Gasteiger partial charge >= 0.3 is 0 Å². The molecule has 68 valence electrons. The van der Waals surface area contributed by atoms with E-state index >= 15 is 0 Å². The number of thiophene rings is 1. The second-order valence-corrected chi connectivity index (χ2v) is 3.98. The molecule has 4 heteroatoms. The summed E-state index contributed by atoms with van der Waals surface area (Å²) in [7, 11) is 0. The SMILES string of the molecule is Nc1ncnc2c1ccc1ccsc12. The molecule has 0 fully saturated rings. The largest absolute Gasteiger partial charge is 0.383 e. The van der Waals surface area contributed by atoms with Crippen LogP contribution in [0.3, 0.4) is 0 Å². The van der Waals surface area contributed by atoms with E-state index in [0.717, 1.165) is 10.9 Å². The number of nitrogens with two attached hydrogens (primary N) is 1. The molecule has 0 unspecified atom stereocenters.